The third kappa shape index (κ3) is 3.88. The molecule has 4 heteroatoms. The first kappa shape index (κ1) is 17.8. The highest BCUT2D eigenvalue weighted by Gasteiger charge is 2.36. The van der Waals surface area contributed by atoms with E-state index in [1.807, 2.05) is 0 Å². The summed E-state index contributed by atoms with van der Waals surface area (Å²) in [6, 6.07) is 7.74. The molecule has 1 aliphatic heterocycles. The Hall–Kier alpha value is -0.280. The fraction of sp³-hybridized carbons (Fsp3) is 0.625. The minimum absolute atomic E-state index is 0. The number of nitrogens with zero attached hydrogens (tertiary/aromatic N) is 1. The van der Waals surface area contributed by atoms with Crippen LogP contribution in [0.1, 0.15) is 35.6 Å². The van der Waals surface area contributed by atoms with Crippen molar-refractivity contribution in [2.75, 3.05) is 26.2 Å². The van der Waals surface area contributed by atoms with Crippen molar-refractivity contribution in [3.63, 3.8) is 0 Å². The first-order valence-electron chi connectivity index (χ1n) is 7.27. The molecule has 3 rings (SSSR count). The smallest absolute Gasteiger partial charge is 0.0377 e. The number of halogens is 2. The zero-order chi connectivity index (χ0) is 12.5. The van der Waals surface area contributed by atoms with Crippen LogP contribution in [0.4, 0.5) is 0 Å². The lowest BCUT2D eigenvalue weighted by molar-refractivity contribution is 0.156. The average molecular weight is 317 g/mol. The molecule has 2 fully saturated rings. The van der Waals surface area contributed by atoms with Crippen LogP contribution in [-0.4, -0.2) is 31.1 Å². The highest BCUT2D eigenvalue weighted by Crippen LogP contribution is 2.44. The molecule has 0 unspecified atom stereocenters. The molecule has 0 bridgehead atoms. The van der Waals surface area contributed by atoms with Gasteiger partial charge in [-0.1, -0.05) is 18.2 Å². The largest absolute Gasteiger partial charge is 0.314 e. The van der Waals surface area contributed by atoms with Crippen LogP contribution in [0.5, 0.6) is 0 Å². The number of hydrogen-bond acceptors (Lipinski definition) is 2. The molecular formula is C16H26Cl2N2. The number of hydrogen-bond donors (Lipinski definition) is 1. The Bertz CT molecular complexity index is 426. The molecule has 0 spiro atoms. The Kier molecular flexibility index (Phi) is 6.80. The van der Waals surface area contributed by atoms with E-state index in [0.29, 0.717) is 6.04 Å². The van der Waals surface area contributed by atoms with E-state index in [2.05, 4.69) is 42.3 Å². The Morgan fingerprint density at radius 1 is 1.05 bits per heavy atom. The first-order chi connectivity index (χ1) is 8.75. The summed E-state index contributed by atoms with van der Waals surface area (Å²) in [4.78, 5) is 2.69. The SMILES string of the molecule is Cc1ccc([C@@H](C2CC2)N2CCNCC2)cc1C.Cl.Cl. The van der Waals surface area contributed by atoms with E-state index >= 15 is 0 Å². The average Bonchev–Trinajstić information content (AvgIpc) is 3.20. The molecule has 0 aromatic heterocycles. The van der Waals surface area contributed by atoms with Gasteiger partial charge in [0.15, 0.2) is 0 Å². The lowest BCUT2D eigenvalue weighted by atomic mass is 9.96. The molecule has 20 heavy (non-hydrogen) atoms. The number of benzene rings is 1. The van der Waals surface area contributed by atoms with E-state index in [4.69, 9.17) is 0 Å². The van der Waals surface area contributed by atoms with Crippen molar-refractivity contribution < 1.29 is 0 Å². The summed E-state index contributed by atoms with van der Waals surface area (Å²) in [6.45, 7) is 9.14. The first-order valence-corrected chi connectivity index (χ1v) is 7.27. The van der Waals surface area contributed by atoms with Crippen LogP contribution >= 0.6 is 24.8 Å². The zero-order valence-electron chi connectivity index (χ0n) is 12.4. The maximum atomic E-state index is 3.46. The number of aryl methyl sites for hydroxylation is 2. The van der Waals surface area contributed by atoms with Gasteiger partial charge in [-0.25, -0.2) is 0 Å². The van der Waals surface area contributed by atoms with Crippen LogP contribution in [0.15, 0.2) is 18.2 Å². The summed E-state index contributed by atoms with van der Waals surface area (Å²) in [5.74, 6) is 0.908. The predicted octanol–water partition coefficient (Wildman–Crippen LogP) is 3.50. The molecule has 114 valence electrons. The number of piperazine rings is 1. The third-order valence-electron chi connectivity index (χ3n) is 4.49. The molecule has 1 saturated heterocycles. The molecule has 0 amide bonds. The van der Waals surface area contributed by atoms with E-state index in [-0.39, 0.29) is 24.8 Å². The quantitative estimate of drug-likeness (QED) is 0.918. The van der Waals surface area contributed by atoms with Gasteiger partial charge in [-0.05, 0) is 49.3 Å². The number of nitrogens with one attached hydrogen (secondary N) is 1. The van der Waals surface area contributed by atoms with Crippen molar-refractivity contribution in [1.82, 2.24) is 10.2 Å². The van der Waals surface area contributed by atoms with Gasteiger partial charge in [0.25, 0.3) is 0 Å². The van der Waals surface area contributed by atoms with Crippen LogP contribution in [0, 0.1) is 19.8 Å². The van der Waals surface area contributed by atoms with E-state index in [9.17, 15) is 0 Å². The molecule has 2 aliphatic rings. The van der Waals surface area contributed by atoms with E-state index in [1.165, 1.54) is 37.1 Å². The normalized spacial score (nSPS) is 20.7. The molecule has 1 atom stereocenters. The molecule has 1 saturated carbocycles. The molecular weight excluding hydrogens is 291 g/mol. The summed E-state index contributed by atoms with van der Waals surface area (Å²) in [5, 5.41) is 3.46. The third-order valence-corrected chi connectivity index (χ3v) is 4.49. The molecule has 1 aromatic rings. The minimum atomic E-state index is 0. The van der Waals surface area contributed by atoms with E-state index in [1.54, 1.807) is 5.56 Å². The number of rotatable bonds is 3. The van der Waals surface area contributed by atoms with Gasteiger partial charge >= 0.3 is 0 Å². The molecule has 0 radical (unpaired) electrons. The van der Waals surface area contributed by atoms with Gasteiger partial charge in [-0.15, -0.1) is 24.8 Å². The lowest BCUT2D eigenvalue weighted by Gasteiger charge is -2.35. The Labute approximate surface area is 135 Å². The molecule has 1 N–H and O–H groups in total. The summed E-state index contributed by atoms with van der Waals surface area (Å²) in [7, 11) is 0. The van der Waals surface area contributed by atoms with Gasteiger partial charge in [-0.3, -0.25) is 4.90 Å². The lowest BCUT2D eigenvalue weighted by Crippen LogP contribution is -2.45. The molecule has 1 heterocycles. The Morgan fingerprint density at radius 2 is 1.70 bits per heavy atom. The Balaban J connectivity index is 0.000001000. The fourth-order valence-corrected chi connectivity index (χ4v) is 3.10. The summed E-state index contributed by atoms with van der Waals surface area (Å²) >= 11 is 0. The van der Waals surface area contributed by atoms with Crippen molar-refractivity contribution in [3.05, 3.63) is 34.9 Å². The monoisotopic (exact) mass is 316 g/mol. The molecule has 2 nitrogen and oxygen atoms in total. The summed E-state index contributed by atoms with van der Waals surface area (Å²) in [6.07, 6.45) is 2.84. The van der Waals surface area contributed by atoms with Gasteiger partial charge in [0.1, 0.15) is 0 Å². The van der Waals surface area contributed by atoms with E-state index < -0.39 is 0 Å². The standard InChI is InChI=1S/C16H24N2.2ClH/c1-12-3-4-15(11-13(12)2)16(14-5-6-14)18-9-7-17-8-10-18;;/h3-4,11,14,16-17H,5-10H2,1-2H3;2*1H/t16-;;/m1../s1. The van der Waals surface area contributed by atoms with E-state index in [0.717, 1.165) is 19.0 Å². The zero-order valence-corrected chi connectivity index (χ0v) is 14.0. The van der Waals surface area contributed by atoms with Gasteiger partial charge in [-0.2, -0.15) is 0 Å². The fourth-order valence-electron chi connectivity index (χ4n) is 3.10. The van der Waals surface area contributed by atoms with Crippen molar-refractivity contribution in [2.24, 2.45) is 5.92 Å². The van der Waals surface area contributed by atoms with Gasteiger partial charge in [0.2, 0.25) is 0 Å². The Morgan fingerprint density at radius 3 is 2.25 bits per heavy atom. The highest BCUT2D eigenvalue weighted by atomic mass is 35.5. The second-order valence-electron chi connectivity index (χ2n) is 5.91. The van der Waals surface area contributed by atoms with Gasteiger partial charge < -0.3 is 5.32 Å². The van der Waals surface area contributed by atoms with Crippen LogP contribution in [0.3, 0.4) is 0 Å². The summed E-state index contributed by atoms with van der Waals surface area (Å²) < 4.78 is 0. The van der Waals surface area contributed by atoms with Crippen LogP contribution in [0.2, 0.25) is 0 Å². The van der Waals surface area contributed by atoms with Crippen LogP contribution in [0.25, 0.3) is 0 Å². The van der Waals surface area contributed by atoms with Gasteiger partial charge in [0, 0.05) is 32.2 Å². The van der Waals surface area contributed by atoms with Crippen molar-refractivity contribution in [1.29, 1.82) is 0 Å². The summed E-state index contributed by atoms with van der Waals surface area (Å²) in [5.41, 5.74) is 4.39. The minimum Gasteiger partial charge on any atom is -0.314 e. The van der Waals surface area contributed by atoms with Crippen molar-refractivity contribution >= 4 is 24.8 Å². The van der Waals surface area contributed by atoms with Crippen LogP contribution in [-0.2, 0) is 0 Å². The predicted molar refractivity (Wildman–Crippen MR) is 90.3 cm³/mol. The second-order valence-corrected chi connectivity index (χ2v) is 5.91. The topological polar surface area (TPSA) is 15.3 Å². The maximum Gasteiger partial charge on any atom is 0.0377 e. The maximum absolute atomic E-state index is 3.46. The molecule has 1 aliphatic carbocycles. The van der Waals surface area contributed by atoms with Crippen molar-refractivity contribution in [2.45, 2.75) is 32.7 Å². The second kappa shape index (κ2) is 7.65. The molecule has 1 aromatic carbocycles. The van der Waals surface area contributed by atoms with Crippen LogP contribution < -0.4 is 5.32 Å². The highest BCUT2D eigenvalue weighted by molar-refractivity contribution is 5.85. The van der Waals surface area contributed by atoms with Gasteiger partial charge in [0.05, 0.1) is 0 Å². The van der Waals surface area contributed by atoms with Crippen molar-refractivity contribution in [3.8, 4) is 0 Å².